The lowest BCUT2D eigenvalue weighted by Gasteiger charge is -2.15. The minimum Gasteiger partial charge on any atom is -0.508 e. The van der Waals surface area contributed by atoms with Gasteiger partial charge < -0.3 is 5.11 Å². The molecule has 1 N–H and O–H groups in total. The lowest BCUT2D eigenvalue weighted by atomic mass is 9.91. The molecule has 0 aliphatic rings. The molecule has 1 nitrogen and oxygen atoms in total. The van der Waals surface area contributed by atoms with Gasteiger partial charge >= 0.3 is 0 Å². The fraction of sp³-hybridized carbons (Fsp3) is 0.429. The Hall–Kier alpha value is -1.24. The summed E-state index contributed by atoms with van der Waals surface area (Å²) in [5.41, 5.74) is 4.45. The van der Waals surface area contributed by atoms with Gasteiger partial charge in [-0.1, -0.05) is 32.1 Å². The van der Waals surface area contributed by atoms with Gasteiger partial charge in [0.05, 0.1) is 0 Å². The molecule has 1 aromatic rings. The largest absolute Gasteiger partial charge is 0.508 e. The Morgan fingerprint density at radius 3 is 2.47 bits per heavy atom. The van der Waals surface area contributed by atoms with E-state index in [2.05, 4.69) is 26.5 Å². The molecule has 0 amide bonds. The fourth-order valence-electron chi connectivity index (χ4n) is 1.83. The average molecular weight is 204 g/mol. The first-order chi connectivity index (χ1) is 6.91. The van der Waals surface area contributed by atoms with E-state index in [-0.39, 0.29) is 0 Å². The third-order valence-electron chi connectivity index (χ3n) is 2.51. The molecule has 0 bridgehead atoms. The quantitative estimate of drug-likeness (QED) is 0.739. The lowest BCUT2D eigenvalue weighted by molar-refractivity contribution is 0.467. The molecule has 0 unspecified atom stereocenters. The van der Waals surface area contributed by atoms with E-state index in [0.717, 1.165) is 23.1 Å². The summed E-state index contributed by atoms with van der Waals surface area (Å²) in [4.78, 5) is 0. The van der Waals surface area contributed by atoms with Gasteiger partial charge in [-0.3, -0.25) is 0 Å². The van der Waals surface area contributed by atoms with Crippen molar-refractivity contribution in [3.05, 3.63) is 41.0 Å². The first-order valence-electron chi connectivity index (χ1n) is 5.38. The standard InChI is InChI=1S/C14H20O/c1-9(2)6-13-12(10(3)4)7-11(5)8-14(13)15/h7-8,10,15H,1,6H2,2-5H3. The van der Waals surface area contributed by atoms with Crippen LogP contribution in [0.3, 0.4) is 0 Å². The molecule has 0 aromatic heterocycles. The van der Waals surface area contributed by atoms with Crippen LogP contribution in [0, 0.1) is 6.92 Å². The molecule has 0 saturated carbocycles. The normalized spacial score (nSPS) is 10.7. The van der Waals surface area contributed by atoms with E-state index in [1.165, 1.54) is 5.56 Å². The summed E-state index contributed by atoms with van der Waals surface area (Å²) in [6.07, 6.45) is 0.764. The summed E-state index contributed by atoms with van der Waals surface area (Å²) in [5, 5.41) is 9.93. The lowest BCUT2D eigenvalue weighted by Crippen LogP contribution is -1.98. The van der Waals surface area contributed by atoms with Crippen LogP contribution in [0.15, 0.2) is 24.3 Å². The third-order valence-corrected chi connectivity index (χ3v) is 2.51. The van der Waals surface area contributed by atoms with Crippen LogP contribution in [0.25, 0.3) is 0 Å². The van der Waals surface area contributed by atoms with Crippen molar-refractivity contribution in [3.63, 3.8) is 0 Å². The molecule has 0 aliphatic carbocycles. The minimum atomic E-state index is 0.404. The predicted molar refractivity (Wildman–Crippen MR) is 65.5 cm³/mol. The van der Waals surface area contributed by atoms with Gasteiger partial charge in [-0.05, 0) is 43.4 Å². The molecule has 1 rings (SSSR count). The molecule has 0 radical (unpaired) electrons. The van der Waals surface area contributed by atoms with E-state index in [1.807, 2.05) is 19.9 Å². The molecule has 0 heterocycles. The van der Waals surface area contributed by atoms with E-state index in [1.54, 1.807) is 0 Å². The maximum absolute atomic E-state index is 9.93. The van der Waals surface area contributed by atoms with Crippen LogP contribution < -0.4 is 0 Å². The SMILES string of the molecule is C=C(C)Cc1c(O)cc(C)cc1C(C)C. The molecule has 0 atom stereocenters. The number of allylic oxidation sites excluding steroid dienone is 1. The number of hydrogen-bond donors (Lipinski definition) is 1. The Bertz CT molecular complexity index is 375. The highest BCUT2D eigenvalue weighted by atomic mass is 16.3. The molecular weight excluding hydrogens is 184 g/mol. The van der Waals surface area contributed by atoms with Gasteiger partial charge in [0, 0.05) is 5.56 Å². The van der Waals surface area contributed by atoms with E-state index in [0.29, 0.717) is 11.7 Å². The van der Waals surface area contributed by atoms with Crippen molar-refractivity contribution < 1.29 is 5.11 Å². The summed E-state index contributed by atoms with van der Waals surface area (Å²) in [6.45, 7) is 12.2. The number of phenols is 1. The average Bonchev–Trinajstić information content (AvgIpc) is 2.08. The van der Waals surface area contributed by atoms with Crippen LogP contribution in [0.2, 0.25) is 0 Å². The Labute approximate surface area is 92.5 Å². The van der Waals surface area contributed by atoms with Crippen LogP contribution in [-0.2, 0) is 6.42 Å². The van der Waals surface area contributed by atoms with E-state index in [4.69, 9.17) is 0 Å². The number of benzene rings is 1. The van der Waals surface area contributed by atoms with Crippen molar-refractivity contribution in [1.82, 2.24) is 0 Å². The predicted octanol–water partition coefficient (Wildman–Crippen LogP) is 3.94. The smallest absolute Gasteiger partial charge is 0.119 e. The molecule has 0 fully saturated rings. The summed E-state index contributed by atoms with van der Waals surface area (Å²) < 4.78 is 0. The second-order valence-electron chi connectivity index (χ2n) is 4.64. The van der Waals surface area contributed by atoms with Crippen LogP contribution in [0.1, 0.15) is 43.4 Å². The van der Waals surface area contributed by atoms with Crippen molar-refractivity contribution in [3.8, 4) is 5.75 Å². The van der Waals surface area contributed by atoms with Gasteiger partial charge in [-0.25, -0.2) is 0 Å². The maximum atomic E-state index is 9.93. The molecule has 0 spiro atoms. The first-order valence-corrected chi connectivity index (χ1v) is 5.38. The number of phenolic OH excluding ortho intramolecular Hbond substituents is 1. The molecule has 1 aromatic carbocycles. The van der Waals surface area contributed by atoms with Crippen molar-refractivity contribution >= 4 is 0 Å². The van der Waals surface area contributed by atoms with Crippen LogP contribution in [0.4, 0.5) is 0 Å². The molecule has 0 aliphatic heterocycles. The molecule has 1 heteroatoms. The fourth-order valence-corrected chi connectivity index (χ4v) is 1.83. The highest BCUT2D eigenvalue weighted by molar-refractivity contribution is 5.45. The summed E-state index contributed by atoms with van der Waals surface area (Å²) in [5.74, 6) is 0.840. The Morgan fingerprint density at radius 2 is 2.00 bits per heavy atom. The second-order valence-corrected chi connectivity index (χ2v) is 4.64. The molecular formula is C14H20O. The molecule has 15 heavy (non-hydrogen) atoms. The minimum absolute atomic E-state index is 0.404. The Balaban J connectivity index is 3.26. The van der Waals surface area contributed by atoms with Crippen LogP contribution in [0.5, 0.6) is 5.75 Å². The van der Waals surface area contributed by atoms with Crippen molar-refractivity contribution in [2.45, 2.75) is 40.0 Å². The van der Waals surface area contributed by atoms with Crippen LogP contribution in [-0.4, -0.2) is 5.11 Å². The van der Waals surface area contributed by atoms with Gasteiger partial charge in [0.1, 0.15) is 5.75 Å². The van der Waals surface area contributed by atoms with Crippen LogP contribution >= 0.6 is 0 Å². The summed E-state index contributed by atoms with van der Waals surface area (Å²) >= 11 is 0. The molecule has 82 valence electrons. The van der Waals surface area contributed by atoms with Gasteiger partial charge in [0.2, 0.25) is 0 Å². The van der Waals surface area contributed by atoms with Gasteiger partial charge in [0.15, 0.2) is 0 Å². The summed E-state index contributed by atoms with van der Waals surface area (Å²) in [6, 6.07) is 3.98. The number of hydrogen-bond acceptors (Lipinski definition) is 1. The topological polar surface area (TPSA) is 20.2 Å². The van der Waals surface area contributed by atoms with Crippen molar-refractivity contribution in [2.75, 3.05) is 0 Å². The van der Waals surface area contributed by atoms with Gasteiger partial charge in [-0.2, -0.15) is 0 Å². The summed E-state index contributed by atoms with van der Waals surface area (Å²) in [7, 11) is 0. The van der Waals surface area contributed by atoms with Crippen molar-refractivity contribution in [1.29, 1.82) is 0 Å². The first kappa shape index (κ1) is 11.8. The second kappa shape index (κ2) is 4.52. The monoisotopic (exact) mass is 204 g/mol. The zero-order valence-electron chi connectivity index (χ0n) is 10.1. The molecule has 0 saturated heterocycles. The number of aromatic hydroxyl groups is 1. The van der Waals surface area contributed by atoms with Crippen molar-refractivity contribution in [2.24, 2.45) is 0 Å². The number of rotatable bonds is 3. The Kier molecular flexibility index (Phi) is 3.57. The van der Waals surface area contributed by atoms with Gasteiger partial charge in [0.25, 0.3) is 0 Å². The Morgan fingerprint density at radius 1 is 1.40 bits per heavy atom. The van der Waals surface area contributed by atoms with E-state index < -0.39 is 0 Å². The van der Waals surface area contributed by atoms with E-state index >= 15 is 0 Å². The van der Waals surface area contributed by atoms with Gasteiger partial charge in [-0.15, -0.1) is 0 Å². The number of aryl methyl sites for hydroxylation is 1. The van der Waals surface area contributed by atoms with E-state index in [9.17, 15) is 5.11 Å². The zero-order chi connectivity index (χ0) is 11.6. The zero-order valence-corrected chi connectivity index (χ0v) is 10.1. The highest BCUT2D eigenvalue weighted by Gasteiger charge is 2.11. The highest BCUT2D eigenvalue weighted by Crippen LogP contribution is 2.30. The maximum Gasteiger partial charge on any atom is 0.119 e. The third kappa shape index (κ3) is 2.85.